The van der Waals surface area contributed by atoms with E-state index in [0.29, 0.717) is 12.5 Å². The van der Waals surface area contributed by atoms with Crippen molar-refractivity contribution < 1.29 is 4.74 Å². The lowest BCUT2D eigenvalue weighted by molar-refractivity contribution is -0.0284. The molecule has 29 heavy (non-hydrogen) atoms. The molecule has 0 aromatic heterocycles. The molecule has 166 valence electrons. The van der Waals surface area contributed by atoms with Crippen LogP contribution in [0, 0.1) is 5.92 Å². The summed E-state index contributed by atoms with van der Waals surface area (Å²) in [7, 11) is 4.18. The number of rotatable bonds is 9. The van der Waals surface area contributed by atoms with Gasteiger partial charge in [-0.3, -0.25) is 4.90 Å². The van der Waals surface area contributed by atoms with E-state index in [0.717, 1.165) is 51.8 Å². The highest BCUT2D eigenvalue weighted by Crippen LogP contribution is 2.08. The predicted octanol–water partition coefficient (Wildman–Crippen LogP) is 2.78. The Kier molecular flexibility index (Phi) is 12.8. The smallest absolute Gasteiger partial charge is 0.191 e. The van der Waals surface area contributed by atoms with E-state index in [-0.39, 0.29) is 30.1 Å². The topological polar surface area (TPSA) is 52.1 Å². The van der Waals surface area contributed by atoms with Gasteiger partial charge in [0.05, 0.1) is 19.3 Å². The van der Waals surface area contributed by atoms with E-state index in [4.69, 9.17) is 9.73 Å². The van der Waals surface area contributed by atoms with Gasteiger partial charge in [-0.2, -0.15) is 0 Å². The Morgan fingerprint density at radius 3 is 2.52 bits per heavy atom. The molecule has 0 saturated carbocycles. The van der Waals surface area contributed by atoms with Gasteiger partial charge < -0.3 is 20.3 Å². The number of nitrogens with one attached hydrogen (secondary N) is 2. The molecule has 1 aliphatic heterocycles. The van der Waals surface area contributed by atoms with Crippen LogP contribution in [-0.2, 0) is 17.8 Å². The number of ether oxygens (including phenoxy) is 1. The van der Waals surface area contributed by atoms with Crippen LogP contribution in [0.4, 0.5) is 0 Å². The zero-order valence-electron chi connectivity index (χ0n) is 18.8. The van der Waals surface area contributed by atoms with Gasteiger partial charge in [0, 0.05) is 39.3 Å². The Balaban J connectivity index is 0.00000420. The minimum Gasteiger partial charge on any atom is -0.374 e. The molecule has 1 unspecified atom stereocenters. The molecule has 2 N–H and O–H groups in total. The number of guanidine groups is 1. The van der Waals surface area contributed by atoms with E-state index >= 15 is 0 Å². The van der Waals surface area contributed by atoms with Crippen molar-refractivity contribution in [2.24, 2.45) is 10.9 Å². The maximum Gasteiger partial charge on any atom is 0.191 e. The fourth-order valence-electron chi connectivity index (χ4n) is 3.42. The number of nitrogens with zero attached hydrogens (tertiary/aromatic N) is 3. The maximum absolute atomic E-state index is 5.93. The molecule has 1 saturated heterocycles. The molecule has 1 fully saturated rings. The maximum atomic E-state index is 5.93. The Labute approximate surface area is 194 Å². The van der Waals surface area contributed by atoms with Crippen molar-refractivity contribution in [3.05, 3.63) is 35.4 Å². The van der Waals surface area contributed by atoms with Crippen molar-refractivity contribution in [2.75, 3.05) is 53.4 Å². The van der Waals surface area contributed by atoms with Crippen molar-refractivity contribution in [3.8, 4) is 0 Å². The molecule has 1 aromatic rings. The summed E-state index contributed by atoms with van der Waals surface area (Å²) >= 11 is 0. The van der Waals surface area contributed by atoms with Gasteiger partial charge in [0.2, 0.25) is 0 Å². The van der Waals surface area contributed by atoms with Crippen LogP contribution in [-0.4, -0.2) is 75.3 Å². The van der Waals surface area contributed by atoms with Crippen LogP contribution in [0.25, 0.3) is 0 Å². The van der Waals surface area contributed by atoms with Crippen LogP contribution >= 0.6 is 24.0 Å². The van der Waals surface area contributed by atoms with Gasteiger partial charge in [-0.05, 0) is 38.1 Å². The molecular weight excluding hydrogens is 477 g/mol. The summed E-state index contributed by atoms with van der Waals surface area (Å²) in [6.07, 6.45) is 0.210. The van der Waals surface area contributed by atoms with Crippen molar-refractivity contribution in [3.63, 3.8) is 0 Å². The second-order valence-electron chi connectivity index (χ2n) is 8.28. The third kappa shape index (κ3) is 10.6. The summed E-state index contributed by atoms with van der Waals surface area (Å²) in [4.78, 5) is 9.42. The zero-order chi connectivity index (χ0) is 20.4. The molecule has 0 spiro atoms. The minimum atomic E-state index is 0. The molecular formula is C22H40IN5O. The highest BCUT2D eigenvalue weighted by Gasteiger charge is 2.21. The Morgan fingerprint density at radius 1 is 1.21 bits per heavy atom. The third-order valence-corrected chi connectivity index (χ3v) is 4.63. The average Bonchev–Trinajstić information content (AvgIpc) is 2.64. The first-order chi connectivity index (χ1) is 13.5. The average molecular weight is 518 g/mol. The van der Waals surface area contributed by atoms with E-state index in [1.54, 1.807) is 0 Å². The van der Waals surface area contributed by atoms with Crippen LogP contribution in [0.1, 0.15) is 31.9 Å². The molecule has 1 heterocycles. The Morgan fingerprint density at radius 2 is 1.90 bits per heavy atom. The largest absolute Gasteiger partial charge is 0.374 e. The van der Waals surface area contributed by atoms with Crippen LogP contribution in [0.15, 0.2) is 29.3 Å². The van der Waals surface area contributed by atoms with Gasteiger partial charge in [-0.15, -0.1) is 24.0 Å². The van der Waals surface area contributed by atoms with Crippen LogP contribution in [0.2, 0.25) is 0 Å². The lowest BCUT2D eigenvalue weighted by atomic mass is 10.1. The molecule has 0 aliphatic carbocycles. The van der Waals surface area contributed by atoms with Gasteiger partial charge in [-0.25, -0.2) is 4.99 Å². The third-order valence-electron chi connectivity index (χ3n) is 4.63. The summed E-state index contributed by atoms with van der Waals surface area (Å²) < 4.78 is 5.93. The Bertz CT molecular complexity index is 591. The number of benzene rings is 1. The summed E-state index contributed by atoms with van der Waals surface area (Å²) in [5.74, 6) is 1.54. The monoisotopic (exact) mass is 517 g/mol. The molecule has 0 bridgehead atoms. The number of hydrogen-bond donors (Lipinski definition) is 2. The summed E-state index contributed by atoms with van der Waals surface area (Å²) in [6, 6.07) is 8.70. The van der Waals surface area contributed by atoms with E-state index in [1.165, 1.54) is 11.1 Å². The lowest BCUT2D eigenvalue weighted by Gasteiger charge is -2.34. The molecule has 7 heteroatoms. The molecule has 1 atom stereocenters. The summed E-state index contributed by atoms with van der Waals surface area (Å²) in [6.45, 7) is 13.9. The van der Waals surface area contributed by atoms with E-state index < -0.39 is 0 Å². The van der Waals surface area contributed by atoms with Crippen molar-refractivity contribution in [1.29, 1.82) is 0 Å². The van der Waals surface area contributed by atoms with Crippen molar-refractivity contribution in [1.82, 2.24) is 20.4 Å². The van der Waals surface area contributed by atoms with Crippen LogP contribution < -0.4 is 10.6 Å². The fourth-order valence-corrected chi connectivity index (χ4v) is 3.42. The summed E-state index contributed by atoms with van der Waals surface area (Å²) in [5, 5.41) is 6.79. The quantitative estimate of drug-likeness (QED) is 0.300. The van der Waals surface area contributed by atoms with E-state index in [9.17, 15) is 0 Å². The molecule has 0 radical (unpaired) electrons. The van der Waals surface area contributed by atoms with Gasteiger partial charge in [-0.1, -0.05) is 38.1 Å². The van der Waals surface area contributed by atoms with Crippen molar-refractivity contribution in [2.45, 2.75) is 40.0 Å². The first-order valence-electron chi connectivity index (χ1n) is 10.5. The first-order valence-corrected chi connectivity index (χ1v) is 10.5. The molecule has 2 rings (SSSR count). The fraction of sp³-hybridized carbons (Fsp3) is 0.682. The number of aliphatic imine (C=N–C) groups is 1. The van der Waals surface area contributed by atoms with Gasteiger partial charge in [0.25, 0.3) is 0 Å². The number of halogens is 1. The zero-order valence-corrected chi connectivity index (χ0v) is 21.1. The highest BCUT2D eigenvalue weighted by atomic mass is 127. The molecule has 0 amide bonds. The minimum absolute atomic E-state index is 0. The second kappa shape index (κ2) is 14.2. The van der Waals surface area contributed by atoms with Crippen molar-refractivity contribution >= 4 is 29.9 Å². The number of hydrogen-bond acceptors (Lipinski definition) is 4. The van der Waals surface area contributed by atoms with E-state index in [1.807, 2.05) is 0 Å². The normalized spacial score (nSPS) is 18.0. The SMILES string of the molecule is CCNC(=NCc1ccc(CN(C)C)cc1)NCC1CN(CC(C)C)CCO1.I. The molecule has 1 aromatic carbocycles. The molecule has 6 nitrogen and oxygen atoms in total. The second-order valence-corrected chi connectivity index (χ2v) is 8.28. The predicted molar refractivity (Wildman–Crippen MR) is 133 cm³/mol. The van der Waals surface area contributed by atoms with Gasteiger partial charge >= 0.3 is 0 Å². The number of morpholine rings is 1. The molecule has 1 aliphatic rings. The Hall–Kier alpha value is -0.900. The van der Waals surface area contributed by atoms with Crippen LogP contribution in [0.3, 0.4) is 0 Å². The first kappa shape index (κ1) is 26.1. The lowest BCUT2D eigenvalue weighted by Crippen LogP contribution is -2.50. The highest BCUT2D eigenvalue weighted by molar-refractivity contribution is 14.0. The summed E-state index contributed by atoms with van der Waals surface area (Å²) in [5.41, 5.74) is 2.54. The van der Waals surface area contributed by atoms with Crippen LogP contribution in [0.5, 0.6) is 0 Å². The van der Waals surface area contributed by atoms with E-state index in [2.05, 4.69) is 79.6 Å². The van der Waals surface area contributed by atoms with Gasteiger partial charge in [0.15, 0.2) is 5.96 Å². The van der Waals surface area contributed by atoms with Gasteiger partial charge in [0.1, 0.15) is 0 Å². The standard InChI is InChI=1S/C22H39N5O.HI/c1-6-23-22(24-13-19-7-9-20(10-8-19)16-26(4)5)25-14-21-17-27(11-12-28-21)15-18(2)3;/h7-10,18,21H,6,11-17H2,1-5H3,(H2,23,24,25);1H.